The van der Waals surface area contributed by atoms with Crippen molar-refractivity contribution in [1.29, 1.82) is 0 Å². The van der Waals surface area contributed by atoms with Gasteiger partial charge in [0.2, 0.25) is 5.91 Å². The molecule has 3 heterocycles. The summed E-state index contributed by atoms with van der Waals surface area (Å²) < 4.78 is 17.4. The van der Waals surface area contributed by atoms with Gasteiger partial charge >= 0.3 is 0 Å². The number of carbonyl (C=O) groups excluding carboxylic acids is 1. The lowest BCUT2D eigenvalue weighted by molar-refractivity contribution is -0.122. The average molecular weight is 520 g/mol. The second kappa shape index (κ2) is 12.4. The van der Waals surface area contributed by atoms with Gasteiger partial charge in [0.05, 0.1) is 31.9 Å². The number of carbonyl (C=O) groups is 1. The Morgan fingerprint density at radius 1 is 1.16 bits per heavy atom. The quantitative estimate of drug-likeness (QED) is 0.390. The third-order valence-corrected chi connectivity index (χ3v) is 7.02. The predicted molar refractivity (Wildman–Crippen MR) is 148 cm³/mol. The molecule has 0 aliphatic carbocycles. The Morgan fingerprint density at radius 2 is 2.05 bits per heavy atom. The number of morpholine rings is 1. The van der Waals surface area contributed by atoms with E-state index in [2.05, 4.69) is 22.5 Å². The van der Waals surface area contributed by atoms with Crippen molar-refractivity contribution in [2.24, 2.45) is 0 Å². The summed E-state index contributed by atoms with van der Waals surface area (Å²) in [6.45, 7) is 9.61. The minimum absolute atomic E-state index is 0.00861. The maximum Gasteiger partial charge on any atom is 0.222 e. The van der Waals surface area contributed by atoms with Crippen LogP contribution in [0.1, 0.15) is 33.1 Å². The van der Waals surface area contributed by atoms with Crippen molar-refractivity contribution in [3.8, 4) is 22.9 Å². The number of ether oxygens (including phenoxy) is 3. The Bertz CT molecular complexity index is 1250. The van der Waals surface area contributed by atoms with Gasteiger partial charge in [-0.05, 0) is 57.0 Å². The minimum Gasteiger partial charge on any atom is -0.494 e. The van der Waals surface area contributed by atoms with Gasteiger partial charge in [-0.25, -0.2) is 9.97 Å². The Hall–Kier alpha value is -3.43. The van der Waals surface area contributed by atoms with Crippen molar-refractivity contribution >= 4 is 22.6 Å². The van der Waals surface area contributed by atoms with E-state index < -0.39 is 0 Å². The van der Waals surface area contributed by atoms with E-state index in [-0.39, 0.29) is 11.9 Å². The standard InChI is InChI=1S/C29H37N5O4/c1-3-37-24-8-9-26-25(18-24)29(31-22-10-11-30-27(35)17-22)33-28(32-26)21-6-4-7-23(16-21)38-14-5-12-34-13-15-36-19-20(34)2/h4,6-9,16,18,20,22H,3,5,10-15,17,19H2,1-2H3,(H,30,35)(H,31,32,33). The van der Waals surface area contributed by atoms with E-state index in [9.17, 15) is 4.79 Å². The molecule has 0 radical (unpaired) electrons. The topological polar surface area (TPSA) is 97.8 Å². The monoisotopic (exact) mass is 519 g/mol. The van der Waals surface area contributed by atoms with Crippen LogP contribution in [0.25, 0.3) is 22.3 Å². The first kappa shape index (κ1) is 26.2. The van der Waals surface area contributed by atoms with Gasteiger partial charge in [0.25, 0.3) is 0 Å². The Balaban J connectivity index is 1.34. The molecule has 0 bridgehead atoms. The van der Waals surface area contributed by atoms with E-state index >= 15 is 0 Å². The number of fused-ring (bicyclic) bond motifs is 1. The molecule has 0 spiro atoms. The number of hydrogen-bond acceptors (Lipinski definition) is 8. The summed E-state index contributed by atoms with van der Waals surface area (Å²) >= 11 is 0. The van der Waals surface area contributed by atoms with Crippen LogP contribution < -0.4 is 20.1 Å². The van der Waals surface area contributed by atoms with E-state index in [1.165, 1.54) is 0 Å². The number of amides is 1. The maximum absolute atomic E-state index is 12.0. The lowest BCUT2D eigenvalue weighted by Gasteiger charge is -2.33. The molecule has 2 N–H and O–H groups in total. The summed E-state index contributed by atoms with van der Waals surface area (Å²) in [4.78, 5) is 24.2. The van der Waals surface area contributed by atoms with E-state index in [0.717, 1.165) is 67.1 Å². The number of aromatic nitrogens is 2. The number of piperidine rings is 1. The lowest BCUT2D eigenvalue weighted by Crippen LogP contribution is -2.44. The molecule has 9 heteroatoms. The predicted octanol–water partition coefficient (Wildman–Crippen LogP) is 3.88. The summed E-state index contributed by atoms with van der Waals surface area (Å²) in [6.07, 6.45) is 2.20. The molecule has 2 saturated heterocycles. The fourth-order valence-corrected chi connectivity index (χ4v) is 4.98. The first-order valence-electron chi connectivity index (χ1n) is 13.6. The Morgan fingerprint density at radius 3 is 2.89 bits per heavy atom. The molecular weight excluding hydrogens is 482 g/mol. The smallest absolute Gasteiger partial charge is 0.222 e. The molecule has 38 heavy (non-hydrogen) atoms. The largest absolute Gasteiger partial charge is 0.494 e. The van der Waals surface area contributed by atoms with Gasteiger partial charge < -0.3 is 24.8 Å². The van der Waals surface area contributed by atoms with Crippen LogP contribution in [0.15, 0.2) is 42.5 Å². The molecule has 9 nitrogen and oxygen atoms in total. The molecular formula is C29H37N5O4. The molecule has 2 unspecified atom stereocenters. The summed E-state index contributed by atoms with van der Waals surface area (Å²) in [5, 5.41) is 7.28. The van der Waals surface area contributed by atoms with Gasteiger partial charge in [-0.2, -0.15) is 0 Å². The zero-order valence-electron chi connectivity index (χ0n) is 22.2. The van der Waals surface area contributed by atoms with Gasteiger partial charge in [-0.3, -0.25) is 9.69 Å². The molecule has 0 saturated carbocycles. The van der Waals surface area contributed by atoms with Crippen molar-refractivity contribution < 1.29 is 19.0 Å². The van der Waals surface area contributed by atoms with Gasteiger partial charge in [0, 0.05) is 49.1 Å². The normalized spacial score (nSPS) is 20.2. The number of hydrogen-bond donors (Lipinski definition) is 2. The number of nitrogens with zero attached hydrogens (tertiary/aromatic N) is 3. The lowest BCUT2D eigenvalue weighted by atomic mass is 10.1. The highest BCUT2D eigenvalue weighted by molar-refractivity contribution is 5.92. The molecule has 2 fully saturated rings. The van der Waals surface area contributed by atoms with Crippen molar-refractivity contribution in [1.82, 2.24) is 20.2 Å². The number of benzene rings is 2. The molecule has 1 aromatic heterocycles. The van der Waals surface area contributed by atoms with Crippen LogP contribution in [0.4, 0.5) is 5.82 Å². The van der Waals surface area contributed by atoms with Gasteiger partial charge in [0.15, 0.2) is 5.82 Å². The second-order valence-electron chi connectivity index (χ2n) is 9.88. The number of rotatable bonds is 10. The third kappa shape index (κ3) is 6.52. The maximum atomic E-state index is 12.0. The number of anilines is 1. The van der Waals surface area contributed by atoms with Crippen LogP contribution >= 0.6 is 0 Å². The average Bonchev–Trinajstić information content (AvgIpc) is 2.92. The highest BCUT2D eigenvalue weighted by Crippen LogP contribution is 2.30. The molecule has 2 aliphatic heterocycles. The van der Waals surface area contributed by atoms with E-state index in [1.807, 2.05) is 49.4 Å². The second-order valence-corrected chi connectivity index (χ2v) is 9.88. The summed E-state index contributed by atoms with van der Waals surface area (Å²) in [6, 6.07) is 14.2. The van der Waals surface area contributed by atoms with Crippen LogP contribution in [-0.4, -0.2) is 78.9 Å². The van der Waals surface area contributed by atoms with Crippen LogP contribution in [0.3, 0.4) is 0 Å². The highest BCUT2D eigenvalue weighted by atomic mass is 16.5. The summed E-state index contributed by atoms with van der Waals surface area (Å²) in [7, 11) is 0. The van der Waals surface area contributed by atoms with Gasteiger partial charge in [0.1, 0.15) is 17.3 Å². The third-order valence-electron chi connectivity index (χ3n) is 7.02. The van der Waals surface area contributed by atoms with Gasteiger partial charge in [-0.1, -0.05) is 12.1 Å². The Kier molecular flexibility index (Phi) is 8.55. The fourth-order valence-electron chi connectivity index (χ4n) is 4.98. The summed E-state index contributed by atoms with van der Waals surface area (Å²) in [5.74, 6) is 2.93. The number of nitrogens with one attached hydrogen (secondary N) is 2. The molecule has 3 aromatic rings. The molecule has 5 rings (SSSR count). The van der Waals surface area contributed by atoms with Crippen LogP contribution in [-0.2, 0) is 9.53 Å². The zero-order valence-corrected chi connectivity index (χ0v) is 22.2. The fraction of sp³-hybridized carbons (Fsp3) is 0.483. The molecule has 2 aromatic carbocycles. The van der Waals surface area contributed by atoms with Crippen molar-refractivity contribution in [2.75, 3.05) is 51.4 Å². The van der Waals surface area contributed by atoms with Crippen molar-refractivity contribution in [3.05, 3.63) is 42.5 Å². The van der Waals surface area contributed by atoms with Crippen LogP contribution in [0.2, 0.25) is 0 Å². The van der Waals surface area contributed by atoms with Crippen LogP contribution in [0, 0.1) is 0 Å². The Labute approximate surface area is 223 Å². The molecule has 202 valence electrons. The van der Waals surface area contributed by atoms with Crippen LogP contribution in [0.5, 0.6) is 11.5 Å². The van der Waals surface area contributed by atoms with Crippen molar-refractivity contribution in [3.63, 3.8) is 0 Å². The van der Waals surface area contributed by atoms with Crippen molar-refractivity contribution in [2.45, 2.75) is 45.2 Å². The first-order valence-corrected chi connectivity index (χ1v) is 13.6. The SMILES string of the molecule is CCOc1ccc2nc(-c3cccc(OCCCN4CCOCC4C)c3)nc(NC3CCNC(=O)C3)c2c1. The zero-order chi connectivity index (χ0) is 26.3. The summed E-state index contributed by atoms with van der Waals surface area (Å²) in [5.41, 5.74) is 1.69. The molecule has 2 aliphatic rings. The minimum atomic E-state index is 0.00861. The molecule has 1 amide bonds. The van der Waals surface area contributed by atoms with Gasteiger partial charge in [-0.15, -0.1) is 0 Å². The highest BCUT2D eigenvalue weighted by Gasteiger charge is 2.21. The van der Waals surface area contributed by atoms with E-state index in [0.29, 0.717) is 43.9 Å². The van der Waals surface area contributed by atoms with E-state index in [1.54, 1.807) is 0 Å². The first-order chi connectivity index (χ1) is 18.6. The van der Waals surface area contributed by atoms with E-state index in [4.69, 9.17) is 24.2 Å². The molecule has 2 atom stereocenters.